The molecule has 0 aliphatic carbocycles. The number of carbonyl (C=O) groups excluding carboxylic acids is 1. The number of benzene rings is 1. The maximum absolute atomic E-state index is 12.5. The minimum Gasteiger partial charge on any atom is -1.00 e. The molecular formula is C20H32ClNO3. The van der Waals surface area contributed by atoms with Crippen LogP contribution in [-0.4, -0.2) is 23.4 Å². The molecule has 1 aromatic carbocycles. The Kier molecular flexibility index (Phi) is 11.4. The second-order valence-corrected chi connectivity index (χ2v) is 7.12. The zero-order valence-electron chi connectivity index (χ0n) is 15.6. The number of hydrogen-bond donors (Lipinski definition) is 2. The van der Waals surface area contributed by atoms with Gasteiger partial charge in [-0.3, -0.25) is 9.59 Å². The molecule has 0 saturated carbocycles. The fourth-order valence-corrected chi connectivity index (χ4v) is 2.90. The first kappa shape index (κ1) is 23.6. The van der Waals surface area contributed by atoms with Gasteiger partial charge in [-0.15, -0.1) is 0 Å². The Hall–Kier alpha value is -1.39. The van der Waals surface area contributed by atoms with Crippen LogP contribution in [0.5, 0.6) is 0 Å². The predicted octanol–water partition coefficient (Wildman–Crippen LogP) is 0.0648. The Labute approximate surface area is 157 Å². The van der Waals surface area contributed by atoms with Crippen LogP contribution in [0.25, 0.3) is 0 Å². The van der Waals surface area contributed by atoms with Gasteiger partial charge in [0, 0.05) is 12.3 Å². The van der Waals surface area contributed by atoms with E-state index in [0.29, 0.717) is 12.3 Å². The summed E-state index contributed by atoms with van der Waals surface area (Å²) in [6, 6.07) is 8.14. The standard InChI is InChI=1S/C20H31NO3.ClH/c1-14(2)12-16-7-9-17(10-8-16)15(3)19(22)13-18(20(23)24)6-4-5-11-21;/h7-10,14-15,18H,4-6,11-13,21H2,1-3H3,(H,23,24);1H/t15-,18?;/m1./s1. The van der Waals surface area contributed by atoms with Crippen molar-refractivity contribution in [2.75, 3.05) is 6.54 Å². The normalized spacial score (nSPS) is 13.2. The van der Waals surface area contributed by atoms with Crippen molar-refractivity contribution in [3.8, 4) is 0 Å². The van der Waals surface area contributed by atoms with E-state index in [-0.39, 0.29) is 30.5 Å². The summed E-state index contributed by atoms with van der Waals surface area (Å²) < 4.78 is 0. The predicted molar refractivity (Wildman–Crippen MR) is 95.8 cm³/mol. The van der Waals surface area contributed by atoms with E-state index >= 15 is 0 Å². The zero-order chi connectivity index (χ0) is 18.1. The van der Waals surface area contributed by atoms with Crippen molar-refractivity contribution in [2.45, 2.75) is 58.8 Å². The van der Waals surface area contributed by atoms with Gasteiger partial charge in [0.1, 0.15) is 5.78 Å². The Morgan fingerprint density at radius 1 is 1.08 bits per heavy atom. The molecule has 2 atom stereocenters. The van der Waals surface area contributed by atoms with Crippen molar-refractivity contribution in [3.05, 3.63) is 35.4 Å². The maximum atomic E-state index is 12.5. The number of ketones is 1. The van der Waals surface area contributed by atoms with E-state index in [0.717, 1.165) is 31.4 Å². The molecule has 0 amide bonds. The number of aliphatic carboxylic acids is 1. The minimum atomic E-state index is -0.869. The van der Waals surface area contributed by atoms with Gasteiger partial charge in [0.05, 0.1) is 12.5 Å². The number of halogens is 1. The molecule has 0 saturated heterocycles. The van der Waals surface area contributed by atoms with Gasteiger partial charge in [-0.05, 0) is 42.7 Å². The van der Waals surface area contributed by atoms with Gasteiger partial charge >= 0.3 is 5.97 Å². The molecule has 0 bridgehead atoms. The highest BCUT2D eigenvalue weighted by Crippen LogP contribution is 2.23. The first-order valence-corrected chi connectivity index (χ1v) is 8.98. The van der Waals surface area contributed by atoms with Crippen molar-refractivity contribution in [1.82, 2.24) is 0 Å². The van der Waals surface area contributed by atoms with E-state index in [1.807, 2.05) is 19.1 Å². The molecule has 0 aromatic heterocycles. The lowest BCUT2D eigenvalue weighted by atomic mass is 9.87. The zero-order valence-corrected chi connectivity index (χ0v) is 16.4. The quantitative estimate of drug-likeness (QED) is 0.541. The summed E-state index contributed by atoms with van der Waals surface area (Å²) in [5, 5.41) is 9.33. The number of quaternary nitrogens is 1. The molecule has 1 rings (SSSR count). The van der Waals surface area contributed by atoms with E-state index < -0.39 is 11.9 Å². The van der Waals surface area contributed by atoms with Gasteiger partial charge in [0.25, 0.3) is 0 Å². The number of hydrogen-bond acceptors (Lipinski definition) is 2. The number of Topliss-reactive ketones (excluding diaryl/α,β-unsaturated/α-hetero) is 1. The van der Waals surface area contributed by atoms with Crippen molar-refractivity contribution in [2.24, 2.45) is 11.8 Å². The van der Waals surface area contributed by atoms with Crippen LogP contribution < -0.4 is 18.1 Å². The van der Waals surface area contributed by atoms with Gasteiger partial charge in [-0.1, -0.05) is 45.0 Å². The second kappa shape index (κ2) is 12.0. The minimum absolute atomic E-state index is 0. The summed E-state index contributed by atoms with van der Waals surface area (Å²) in [5.74, 6) is -1.09. The molecule has 25 heavy (non-hydrogen) atoms. The van der Waals surface area contributed by atoms with Gasteiger partial charge in [0.15, 0.2) is 0 Å². The molecule has 4 nitrogen and oxygen atoms in total. The Bertz CT molecular complexity index is 528. The van der Waals surface area contributed by atoms with Gasteiger partial charge in [-0.2, -0.15) is 0 Å². The molecule has 0 radical (unpaired) electrons. The molecule has 5 heteroatoms. The fraction of sp³-hybridized carbons (Fsp3) is 0.600. The van der Waals surface area contributed by atoms with Gasteiger partial charge < -0.3 is 23.2 Å². The summed E-state index contributed by atoms with van der Waals surface area (Å²) in [7, 11) is 0. The Balaban J connectivity index is 0.00000576. The van der Waals surface area contributed by atoms with Crippen LogP contribution in [-0.2, 0) is 16.0 Å². The van der Waals surface area contributed by atoms with Crippen molar-refractivity contribution < 1.29 is 32.8 Å². The van der Waals surface area contributed by atoms with E-state index in [4.69, 9.17) is 0 Å². The topological polar surface area (TPSA) is 82.0 Å². The van der Waals surface area contributed by atoms with Crippen LogP contribution in [0.3, 0.4) is 0 Å². The van der Waals surface area contributed by atoms with Crippen LogP contribution in [0, 0.1) is 11.8 Å². The molecule has 0 fully saturated rings. The SMILES string of the molecule is CC(C)Cc1ccc([C@@H](C)C(=O)CC(CCCC[NH3+])C(=O)O)cc1.[Cl-]. The largest absolute Gasteiger partial charge is 1.00 e. The first-order chi connectivity index (χ1) is 11.3. The Morgan fingerprint density at radius 2 is 1.68 bits per heavy atom. The number of carboxylic acids is 1. The van der Waals surface area contributed by atoms with Crippen LogP contribution in [0.2, 0.25) is 0 Å². The lowest BCUT2D eigenvalue weighted by Gasteiger charge is -2.16. The number of carboxylic acid groups (broad SMARTS) is 1. The third-order valence-corrected chi connectivity index (χ3v) is 4.46. The third-order valence-electron chi connectivity index (χ3n) is 4.46. The lowest BCUT2D eigenvalue weighted by molar-refractivity contribution is -0.368. The average Bonchev–Trinajstić information content (AvgIpc) is 2.53. The molecule has 4 N–H and O–H groups in total. The monoisotopic (exact) mass is 369 g/mol. The second-order valence-electron chi connectivity index (χ2n) is 7.12. The van der Waals surface area contributed by atoms with Crippen LogP contribution in [0.4, 0.5) is 0 Å². The van der Waals surface area contributed by atoms with E-state index in [1.54, 1.807) is 0 Å². The summed E-state index contributed by atoms with van der Waals surface area (Å²) in [4.78, 5) is 23.8. The average molecular weight is 370 g/mol. The molecule has 142 valence electrons. The molecule has 0 heterocycles. The summed E-state index contributed by atoms with van der Waals surface area (Å²) >= 11 is 0. The van der Waals surface area contributed by atoms with Crippen molar-refractivity contribution >= 4 is 11.8 Å². The van der Waals surface area contributed by atoms with Crippen molar-refractivity contribution in [1.29, 1.82) is 0 Å². The number of rotatable bonds is 11. The molecular weight excluding hydrogens is 338 g/mol. The number of carbonyl (C=O) groups is 2. The van der Waals surface area contributed by atoms with Crippen LogP contribution in [0.1, 0.15) is 63.5 Å². The molecule has 1 unspecified atom stereocenters. The Morgan fingerprint density at radius 3 is 2.16 bits per heavy atom. The highest BCUT2D eigenvalue weighted by atomic mass is 35.5. The smallest absolute Gasteiger partial charge is 0.306 e. The molecule has 1 aromatic rings. The van der Waals surface area contributed by atoms with Gasteiger partial charge in [-0.25, -0.2) is 0 Å². The van der Waals surface area contributed by atoms with Crippen LogP contribution >= 0.6 is 0 Å². The summed E-state index contributed by atoms with van der Waals surface area (Å²) in [5.41, 5.74) is 6.00. The summed E-state index contributed by atoms with van der Waals surface area (Å²) in [6.07, 6.45) is 3.41. The summed E-state index contributed by atoms with van der Waals surface area (Å²) in [6.45, 7) is 7.04. The fourth-order valence-electron chi connectivity index (χ4n) is 2.90. The highest BCUT2D eigenvalue weighted by Gasteiger charge is 2.24. The van der Waals surface area contributed by atoms with E-state index in [2.05, 4.69) is 31.7 Å². The van der Waals surface area contributed by atoms with Gasteiger partial charge in [0.2, 0.25) is 0 Å². The maximum Gasteiger partial charge on any atom is 0.306 e. The van der Waals surface area contributed by atoms with E-state index in [9.17, 15) is 14.7 Å². The third kappa shape index (κ3) is 8.50. The molecule has 0 aliphatic rings. The van der Waals surface area contributed by atoms with Crippen molar-refractivity contribution in [3.63, 3.8) is 0 Å². The number of unbranched alkanes of at least 4 members (excludes halogenated alkanes) is 1. The van der Waals surface area contributed by atoms with Crippen LogP contribution in [0.15, 0.2) is 24.3 Å². The molecule has 0 aliphatic heterocycles. The highest BCUT2D eigenvalue weighted by molar-refractivity contribution is 5.88. The van der Waals surface area contributed by atoms with E-state index in [1.165, 1.54) is 5.56 Å². The first-order valence-electron chi connectivity index (χ1n) is 8.98. The molecule has 0 spiro atoms. The lowest BCUT2D eigenvalue weighted by Crippen LogP contribution is -3.00.